The molecule has 0 spiro atoms. The van der Waals surface area contributed by atoms with Gasteiger partial charge < -0.3 is 0 Å². The van der Waals surface area contributed by atoms with E-state index in [1.54, 1.807) is 22.3 Å². The molecular formula is C23H28. The molecule has 5 atom stereocenters. The molecule has 0 bridgehead atoms. The zero-order chi connectivity index (χ0) is 16.1. The molecule has 0 radical (unpaired) electrons. The zero-order valence-corrected chi connectivity index (χ0v) is 14.8. The first-order valence-corrected chi connectivity index (χ1v) is 9.24. The molecule has 4 rings (SSSR count). The van der Waals surface area contributed by atoms with Crippen LogP contribution in [0, 0.1) is 24.7 Å². The lowest BCUT2D eigenvalue weighted by atomic mass is 9.62. The summed E-state index contributed by atoms with van der Waals surface area (Å²) in [4.78, 5) is 0. The van der Waals surface area contributed by atoms with E-state index in [2.05, 4.69) is 70.2 Å². The summed E-state index contributed by atoms with van der Waals surface area (Å²) in [6.07, 6.45) is 2.51. The molecule has 0 saturated heterocycles. The standard InChI is InChI=1S/C23H28/c1-14-8-7-10-19-13-16(3)23(22(14)19)21-15(2)12-18-9-5-6-11-20(18)17(21)4/h5-11,15-17,21,23H,12-13H2,1-4H3. The van der Waals surface area contributed by atoms with Gasteiger partial charge in [0.05, 0.1) is 0 Å². The Labute approximate surface area is 140 Å². The van der Waals surface area contributed by atoms with E-state index in [0.29, 0.717) is 5.92 Å². The molecule has 0 heterocycles. The third-order valence-corrected chi connectivity index (χ3v) is 6.64. The minimum Gasteiger partial charge on any atom is -0.0620 e. The van der Waals surface area contributed by atoms with Crippen LogP contribution in [0.1, 0.15) is 60.4 Å². The Morgan fingerprint density at radius 2 is 1.48 bits per heavy atom. The lowest BCUT2D eigenvalue weighted by molar-refractivity contribution is 0.207. The Balaban J connectivity index is 1.80. The number of fused-ring (bicyclic) bond motifs is 2. The molecule has 2 aromatic carbocycles. The second-order valence-corrected chi connectivity index (χ2v) is 8.10. The highest BCUT2D eigenvalue weighted by Crippen LogP contribution is 2.53. The SMILES string of the molecule is Cc1cccc2c1C(C1C(C)Cc3ccccc3C1C)C(C)C2. The number of rotatable bonds is 1. The quantitative estimate of drug-likeness (QED) is 0.617. The number of hydrogen-bond donors (Lipinski definition) is 0. The van der Waals surface area contributed by atoms with E-state index >= 15 is 0 Å². The van der Waals surface area contributed by atoms with Crippen molar-refractivity contribution in [3.8, 4) is 0 Å². The molecule has 23 heavy (non-hydrogen) atoms. The van der Waals surface area contributed by atoms with Crippen LogP contribution in [0.25, 0.3) is 0 Å². The van der Waals surface area contributed by atoms with Gasteiger partial charge in [0.25, 0.3) is 0 Å². The fraction of sp³-hybridized carbons (Fsp3) is 0.478. The molecule has 2 aliphatic rings. The first kappa shape index (κ1) is 15.0. The van der Waals surface area contributed by atoms with Gasteiger partial charge in [-0.25, -0.2) is 0 Å². The summed E-state index contributed by atoms with van der Waals surface area (Å²) in [5.74, 6) is 3.68. The molecule has 0 amide bonds. The highest BCUT2D eigenvalue weighted by Gasteiger charge is 2.43. The van der Waals surface area contributed by atoms with Crippen molar-refractivity contribution >= 4 is 0 Å². The van der Waals surface area contributed by atoms with E-state index < -0.39 is 0 Å². The average Bonchev–Trinajstić information content (AvgIpc) is 2.85. The van der Waals surface area contributed by atoms with Crippen LogP contribution < -0.4 is 0 Å². The van der Waals surface area contributed by atoms with Crippen LogP contribution in [0.5, 0.6) is 0 Å². The van der Waals surface area contributed by atoms with Gasteiger partial charge in [0.1, 0.15) is 0 Å². The molecule has 2 aromatic rings. The second-order valence-electron chi connectivity index (χ2n) is 8.10. The predicted molar refractivity (Wildman–Crippen MR) is 98.0 cm³/mol. The molecule has 0 saturated carbocycles. The van der Waals surface area contributed by atoms with Crippen molar-refractivity contribution in [2.24, 2.45) is 17.8 Å². The average molecular weight is 304 g/mol. The molecule has 0 heteroatoms. The Kier molecular flexibility index (Phi) is 3.59. The minimum atomic E-state index is 0.660. The normalized spacial score (nSPS) is 32.4. The molecule has 0 N–H and O–H groups in total. The lowest BCUT2D eigenvalue weighted by Gasteiger charge is -2.42. The molecule has 5 unspecified atom stereocenters. The van der Waals surface area contributed by atoms with Gasteiger partial charge in [-0.05, 0) is 77.2 Å². The van der Waals surface area contributed by atoms with Gasteiger partial charge in [-0.15, -0.1) is 0 Å². The Hall–Kier alpha value is -1.56. The summed E-state index contributed by atoms with van der Waals surface area (Å²) >= 11 is 0. The van der Waals surface area contributed by atoms with Crippen LogP contribution in [0.15, 0.2) is 42.5 Å². The van der Waals surface area contributed by atoms with E-state index in [1.807, 2.05) is 0 Å². The van der Waals surface area contributed by atoms with Crippen molar-refractivity contribution in [2.75, 3.05) is 0 Å². The van der Waals surface area contributed by atoms with Gasteiger partial charge in [-0.3, -0.25) is 0 Å². The summed E-state index contributed by atoms with van der Waals surface area (Å²) in [7, 11) is 0. The van der Waals surface area contributed by atoms with E-state index in [9.17, 15) is 0 Å². The van der Waals surface area contributed by atoms with E-state index in [4.69, 9.17) is 0 Å². The van der Waals surface area contributed by atoms with Gasteiger partial charge in [-0.1, -0.05) is 63.2 Å². The van der Waals surface area contributed by atoms with Crippen molar-refractivity contribution in [1.82, 2.24) is 0 Å². The fourth-order valence-electron chi connectivity index (χ4n) is 5.74. The van der Waals surface area contributed by atoms with Crippen molar-refractivity contribution in [2.45, 2.75) is 52.4 Å². The summed E-state index contributed by atoms with van der Waals surface area (Å²) in [6.45, 7) is 9.75. The van der Waals surface area contributed by atoms with E-state index in [1.165, 1.54) is 18.4 Å². The molecule has 0 nitrogen and oxygen atoms in total. The molecular weight excluding hydrogens is 276 g/mol. The van der Waals surface area contributed by atoms with E-state index in [-0.39, 0.29) is 0 Å². The van der Waals surface area contributed by atoms with Gasteiger partial charge >= 0.3 is 0 Å². The number of aryl methyl sites for hydroxylation is 1. The predicted octanol–water partition coefficient (Wildman–Crippen LogP) is 5.88. The van der Waals surface area contributed by atoms with Gasteiger partial charge in [0, 0.05) is 0 Å². The molecule has 0 aliphatic heterocycles. The van der Waals surface area contributed by atoms with Gasteiger partial charge in [0.2, 0.25) is 0 Å². The van der Waals surface area contributed by atoms with Crippen molar-refractivity contribution < 1.29 is 0 Å². The van der Waals surface area contributed by atoms with Gasteiger partial charge in [-0.2, -0.15) is 0 Å². The summed E-state index contributed by atoms with van der Waals surface area (Å²) in [6, 6.07) is 16.1. The first-order valence-electron chi connectivity index (χ1n) is 9.24. The Morgan fingerprint density at radius 3 is 2.30 bits per heavy atom. The van der Waals surface area contributed by atoms with Crippen molar-refractivity contribution in [3.05, 3.63) is 70.3 Å². The maximum Gasteiger partial charge on any atom is -0.00910 e. The fourth-order valence-corrected chi connectivity index (χ4v) is 5.74. The third-order valence-electron chi connectivity index (χ3n) is 6.64. The molecule has 120 valence electrons. The van der Waals surface area contributed by atoms with Crippen LogP contribution in [-0.2, 0) is 12.8 Å². The molecule has 0 aromatic heterocycles. The first-order chi connectivity index (χ1) is 11.1. The van der Waals surface area contributed by atoms with Crippen molar-refractivity contribution in [3.63, 3.8) is 0 Å². The van der Waals surface area contributed by atoms with Gasteiger partial charge in [0.15, 0.2) is 0 Å². The Bertz CT molecular complexity index is 727. The summed E-state index contributed by atoms with van der Waals surface area (Å²) < 4.78 is 0. The van der Waals surface area contributed by atoms with Crippen molar-refractivity contribution in [1.29, 1.82) is 0 Å². The summed E-state index contributed by atoms with van der Waals surface area (Å²) in [5, 5.41) is 0. The van der Waals surface area contributed by atoms with Crippen LogP contribution in [0.2, 0.25) is 0 Å². The largest absolute Gasteiger partial charge is 0.0620 e. The smallest absolute Gasteiger partial charge is 0.00910 e. The van der Waals surface area contributed by atoms with Crippen LogP contribution in [0.4, 0.5) is 0 Å². The van der Waals surface area contributed by atoms with Crippen LogP contribution in [0.3, 0.4) is 0 Å². The minimum absolute atomic E-state index is 0.660. The molecule has 0 fully saturated rings. The highest BCUT2D eigenvalue weighted by molar-refractivity contribution is 5.44. The number of hydrogen-bond acceptors (Lipinski definition) is 0. The van der Waals surface area contributed by atoms with E-state index in [0.717, 1.165) is 23.7 Å². The maximum absolute atomic E-state index is 2.49. The van der Waals surface area contributed by atoms with Crippen LogP contribution >= 0.6 is 0 Å². The van der Waals surface area contributed by atoms with Crippen LogP contribution in [-0.4, -0.2) is 0 Å². The third kappa shape index (κ3) is 2.26. The second kappa shape index (κ2) is 5.51. The monoisotopic (exact) mass is 304 g/mol. The maximum atomic E-state index is 2.49. The Morgan fingerprint density at radius 1 is 0.783 bits per heavy atom. The molecule has 2 aliphatic carbocycles. The summed E-state index contributed by atoms with van der Waals surface area (Å²) in [5.41, 5.74) is 7.99. The highest BCUT2D eigenvalue weighted by atomic mass is 14.5. The topological polar surface area (TPSA) is 0 Å². The number of benzene rings is 2. The zero-order valence-electron chi connectivity index (χ0n) is 14.8. The lowest BCUT2D eigenvalue weighted by Crippen LogP contribution is -2.33.